The smallest absolute Gasteiger partial charge is 0.239 e. The highest BCUT2D eigenvalue weighted by Crippen LogP contribution is 2.27. The average Bonchev–Trinajstić information content (AvgIpc) is 3.01. The van der Waals surface area contributed by atoms with Gasteiger partial charge in [-0.2, -0.15) is 0 Å². The highest BCUT2D eigenvalue weighted by Gasteiger charge is 2.37. The van der Waals surface area contributed by atoms with Gasteiger partial charge in [-0.05, 0) is 42.3 Å². The fourth-order valence-electron chi connectivity index (χ4n) is 2.97. The van der Waals surface area contributed by atoms with Crippen LogP contribution in [-0.4, -0.2) is 26.8 Å². The lowest BCUT2D eigenvalue weighted by atomic mass is 10.1. The van der Waals surface area contributed by atoms with Gasteiger partial charge in [0, 0.05) is 23.2 Å². The molecule has 27 heavy (non-hydrogen) atoms. The SMILES string of the molecule is NS(=O)(=O)c1cccc(CNC(=O)C2CCN(c3cccc(Br)c3)C2=O)c1. The number of carbonyl (C=O) groups is 2. The Morgan fingerprint density at radius 1 is 1.22 bits per heavy atom. The summed E-state index contributed by atoms with van der Waals surface area (Å²) in [5.41, 5.74) is 1.33. The largest absolute Gasteiger partial charge is 0.351 e. The number of hydrogen-bond acceptors (Lipinski definition) is 4. The van der Waals surface area contributed by atoms with Crippen LogP contribution in [0.25, 0.3) is 0 Å². The fourth-order valence-corrected chi connectivity index (χ4v) is 3.94. The molecule has 9 heteroatoms. The number of rotatable bonds is 5. The van der Waals surface area contributed by atoms with Crippen molar-refractivity contribution >= 4 is 43.5 Å². The summed E-state index contributed by atoms with van der Waals surface area (Å²) in [6, 6.07) is 13.4. The molecule has 0 radical (unpaired) electrons. The van der Waals surface area contributed by atoms with Gasteiger partial charge in [0.2, 0.25) is 21.8 Å². The van der Waals surface area contributed by atoms with Crippen LogP contribution in [0.1, 0.15) is 12.0 Å². The number of benzene rings is 2. The van der Waals surface area contributed by atoms with E-state index < -0.39 is 15.9 Å². The van der Waals surface area contributed by atoms with Gasteiger partial charge < -0.3 is 10.2 Å². The highest BCUT2D eigenvalue weighted by atomic mass is 79.9. The quantitative estimate of drug-likeness (QED) is 0.674. The molecule has 0 bridgehead atoms. The molecule has 2 amide bonds. The van der Waals surface area contributed by atoms with Gasteiger partial charge in [-0.15, -0.1) is 0 Å². The molecular formula is C18H18BrN3O4S. The van der Waals surface area contributed by atoms with E-state index in [-0.39, 0.29) is 23.3 Å². The van der Waals surface area contributed by atoms with E-state index >= 15 is 0 Å². The summed E-state index contributed by atoms with van der Waals surface area (Å²) in [5, 5.41) is 7.81. The number of nitrogens with two attached hydrogens (primary N) is 1. The number of carbonyl (C=O) groups excluding carboxylic acids is 2. The van der Waals surface area contributed by atoms with Gasteiger partial charge in [-0.25, -0.2) is 13.6 Å². The van der Waals surface area contributed by atoms with E-state index in [1.807, 2.05) is 24.3 Å². The molecule has 1 aliphatic heterocycles. The summed E-state index contributed by atoms with van der Waals surface area (Å²) in [6.07, 6.45) is 0.425. The second kappa shape index (κ2) is 7.79. The molecule has 3 N–H and O–H groups in total. The maximum Gasteiger partial charge on any atom is 0.239 e. The first-order valence-electron chi connectivity index (χ1n) is 8.22. The maximum atomic E-state index is 12.6. The van der Waals surface area contributed by atoms with Crippen molar-refractivity contribution in [1.29, 1.82) is 0 Å². The third-order valence-electron chi connectivity index (χ3n) is 4.34. The standard InChI is InChI=1S/C18H18BrN3O4S/c19-13-4-2-5-14(10-13)22-8-7-16(18(22)24)17(23)21-11-12-3-1-6-15(9-12)27(20,25)26/h1-6,9-10,16H,7-8,11H2,(H,21,23)(H2,20,25,26). The molecule has 0 aromatic heterocycles. The molecule has 1 fully saturated rings. The molecule has 0 aliphatic carbocycles. The van der Waals surface area contributed by atoms with Crippen LogP contribution in [0.2, 0.25) is 0 Å². The van der Waals surface area contributed by atoms with Crippen molar-refractivity contribution in [2.24, 2.45) is 11.1 Å². The lowest BCUT2D eigenvalue weighted by Gasteiger charge is -2.17. The van der Waals surface area contributed by atoms with E-state index in [2.05, 4.69) is 21.2 Å². The zero-order valence-electron chi connectivity index (χ0n) is 14.3. The summed E-state index contributed by atoms with van der Waals surface area (Å²) in [6.45, 7) is 0.580. The molecule has 1 aliphatic rings. The molecule has 142 valence electrons. The Kier molecular flexibility index (Phi) is 5.64. The van der Waals surface area contributed by atoms with Crippen molar-refractivity contribution in [3.8, 4) is 0 Å². The molecule has 1 unspecified atom stereocenters. The van der Waals surface area contributed by atoms with Crippen LogP contribution in [0.3, 0.4) is 0 Å². The highest BCUT2D eigenvalue weighted by molar-refractivity contribution is 9.10. The number of anilines is 1. The van der Waals surface area contributed by atoms with Crippen LogP contribution in [0, 0.1) is 5.92 Å². The van der Waals surface area contributed by atoms with Gasteiger partial charge >= 0.3 is 0 Å². The van der Waals surface area contributed by atoms with Gasteiger partial charge in [0.15, 0.2) is 0 Å². The zero-order chi connectivity index (χ0) is 19.6. The van der Waals surface area contributed by atoms with Gasteiger partial charge in [0.05, 0.1) is 4.90 Å². The van der Waals surface area contributed by atoms with Crippen molar-refractivity contribution < 1.29 is 18.0 Å². The Morgan fingerprint density at radius 2 is 1.96 bits per heavy atom. The van der Waals surface area contributed by atoms with Crippen molar-refractivity contribution in [3.63, 3.8) is 0 Å². The van der Waals surface area contributed by atoms with Crippen LogP contribution in [-0.2, 0) is 26.2 Å². The number of amides is 2. The second-order valence-electron chi connectivity index (χ2n) is 6.22. The number of sulfonamides is 1. The van der Waals surface area contributed by atoms with Crippen LogP contribution in [0.5, 0.6) is 0 Å². The van der Waals surface area contributed by atoms with Crippen molar-refractivity contribution in [2.45, 2.75) is 17.9 Å². The summed E-state index contributed by atoms with van der Waals surface area (Å²) in [5.74, 6) is -1.38. The number of hydrogen-bond donors (Lipinski definition) is 2. The number of halogens is 1. The van der Waals surface area contributed by atoms with Crippen molar-refractivity contribution in [3.05, 3.63) is 58.6 Å². The van der Waals surface area contributed by atoms with E-state index in [4.69, 9.17) is 5.14 Å². The van der Waals surface area contributed by atoms with Crippen molar-refractivity contribution in [2.75, 3.05) is 11.4 Å². The molecule has 7 nitrogen and oxygen atoms in total. The third kappa shape index (κ3) is 4.55. The van der Waals surface area contributed by atoms with Gasteiger partial charge in [0.25, 0.3) is 0 Å². The molecule has 0 saturated carbocycles. The summed E-state index contributed by atoms with van der Waals surface area (Å²) >= 11 is 3.37. The monoisotopic (exact) mass is 451 g/mol. The minimum atomic E-state index is -3.81. The first-order chi connectivity index (χ1) is 12.8. The molecule has 3 rings (SSSR count). The van der Waals surface area contributed by atoms with E-state index in [9.17, 15) is 18.0 Å². The van der Waals surface area contributed by atoms with E-state index in [1.54, 1.807) is 17.0 Å². The summed E-state index contributed by atoms with van der Waals surface area (Å²) < 4.78 is 23.7. The molecule has 1 atom stereocenters. The zero-order valence-corrected chi connectivity index (χ0v) is 16.7. The van der Waals surface area contributed by atoms with Gasteiger partial charge in [-0.3, -0.25) is 9.59 Å². The Bertz CT molecular complexity index is 994. The van der Waals surface area contributed by atoms with E-state index in [1.165, 1.54) is 12.1 Å². The van der Waals surface area contributed by atoms with Crippen molar-refractivity contribution in [1.82, 2.24) is 5.32 Å². The Balaban J connectivity index is 1.65. The normalized spacial score (nSPS) is 17.2. The summed E-state index contributed by atoms with van der Waals surface area (Å²) in [4.78, 5) is 26.6. The second-order valence-corrected chi connectivity index (χ2v) is 8.70. The minimum absolute atomic E-state index is 0.0213. The molecule has 1 heterocycles. The van der Waals surface area contributed by atoms with E-state index in [0.717, 1.165) is 10.2 Å². The number of nitrogens with zero attached hydrogens (tertiary/aromatic N) is 1. The number of primary sulfonamides is 1. The number of nitrogens with one attached hydrogen (secondary N) is 1. The maximum absolute atomic E-state index is 12.6. The molecule has 2 aromatic carbocycles. The Hall–Kier alpha value is -2.23. The van der Waals surface area contributed by atoms with Gasteiger partial charge in [-0.1, -0.05) is 34.1 Å². The predicted octanol–water partition coefficient (Wildman–Crippen LogP) is 1.77. The molecular weight excluding hydrogens is 434 g/mol. The lowest BCUT2D eigenvalue weighted by molar-refractivity contribution is -0.132. The fraction of sp³-hybridized carbons (Fsp3) is 0.222. The van der Waals surface area contributed by atoms with Crippen LogP contribution < -0.4 is 15.4 Å². The predicted molar refractivity (Wildman–Crippen MR) is 104 cm³/mol. The first-order valence-corrected chi connectivity index (χ1v) is 10.6. The first kappa shape index (κ1) is 19.5. The van der Waals surface area contributed by atoms with Crippen LogP contribution in [0.4, 0.5) is 5.69 Å². The Morgan fingerprint density at radius 3 is 2.67 bits per heavy atom. The molecule has 0 spiro atoms. The lowest BCUT2D eigenvalue weighted by Crippen LogP contribution is -2.36. The van der Waals surface area contributed by atoms with Crippen LogP contribution >= 0.6 is 15.9 Å². The average molecular weight is 452 g/mol. The third-order valence-corrected chi connectivity index (χ3v) is 5.74. The topological polar surface area (TPSA) is 110 Å². The van der Waals surface area contributed by atoms with E-state index in [0.29, 0.717) is 18.5 Å². The molecule has 2 aromatic rings. The molecule has 1 saturated heterocycles. The van der Waals surface area contributed by atoms with Crippen LogP contribution in [0.15, 0.2) is 57.9 Å². The van der Waals surface area contributed by atoms with Gasteiger partial charge in [0.1, 0.15) is 5.92 Å². The Labute approximate surface area is 165 Å². The minimum Gasteiger partial charge on any atom is -0.351 e. The summed E-state index contributed by atoms with van der Waals surface area (Å²) in [7, 11) is -3.81.